The van der Waals surface area contributed by atoms with E-state index in [0.29, 0.717) is 29.4 Å². The Bertz CT molecular complexity index is 884. The van der Waals surface area contributed by atoms with Crippen LogP contribution in [0.5, 0.6) is 11.9 Å². The molecule has 1 aliphatic rings. The molecule has 0 unspecified atom stereocenters. The van der Waals surface area contributed by atoms with Gasteiger partial charge < -0.3 is 9.47 Å². The minimum atomic E-state index is -0.470. The van der Waals surface area contributed by atoms with Crippen molar-refractivity contribution >= 4 is 11.7 Å². The van der Waals surface area contributed by atoms with E-state index in [0.717, 1.165) is 5.56 Å². The molecule has 0 spiro atoms. The molecule has 1 amide bonds. The highest BCUT2D eigenvalue weighted by Crippen LogP contribution is 2.34. The molecule has 0 saturated carbocycles. The summed E-state index contributed by atoms with van der Waals surface area (Å²) in [6.07, 6.45) is 1.92. The summed E-state index contributed by atoms with van der Waals surface area (Å²) in [6, 6.07) is 2.07. The lowest BCUT2D eigenvalue weighted by Crippen LogP contribution is -2.26. The lowest BCUT2D eigenvalue weighted by molar-refractivity contribution is -0.117. The number of anilines is 1. The standard InChI is InChI=1S/C19H25N5O3/c1-18(2,3)26-16-12(10-20-17(21-16)27-19(4,5)6)13-8-11-9-14(25)24(7)15(11)23-22-13/h8,10H,9H2,1-7H3. The Hall–Kier alpha value is -2.77. The van der Waals surface area contributed by atoms with Gasteiger partial charge in [-0.25, -0.2) is 4.98 Å². The lowest BCUT2D eigenvalue weighted by atomic mass is 10.1. The van der Waals surface area contributed by atoms with Crippen molar-refractivity contribution in [2.75, 3.05) is 11.9 Å². The van der Waals surface area contributed by atoms with Gasteiger partial charge in [0.15, 0.2) is 5.82 Å². The van der Waals surface area contributed by atoms with Gasteiger partial charge in [0.05, 0.1) is 12.0 Å². The van der Waals surface area contributed by atoms with Crippen molar-refractivity contribution in [2.24, 2.45) is 0 Å². The van der Waals surface area contributed by atoms with Crippen LogP contribution >= 0.6 is 0 Å². The Morgan fingerprint density at radius 1 is 1.04 bits per heavy atom. The Kier molecular flexibility index (Phi) is 4.53. The van der Waals surface area contributed by atoms with Crippen LogP contribution in [0.1, 0.15) is 47.1 Å². The topological polar surface area (TPSA) is 90.3 Å². The van der Waals surface area contributed by atoms with Crippen LogP contribution in [-0.4, -0.2) is 44.3 Å². The number of likely N-dealkylation sites (N-methyl/N-ethyl adjacent to an activating group) is 1. The number of hydrogen-bond acceptors (Lipinski definition) is 7. The van der Waals surface area contributed by atoms with Gasteiger partial charge in [-0.05, 0) is 47.6 Å². The van der Waals surface area contributed by atoms with Gasteiger partial charge in [-0.15, -0.1) is 10.2 Å². The van der Waals surface area contributed by atoms with Crippen molar-refractivity contribution in [3.05, 3.63) is 17.8 Å². The number of amides is 1. The molecule has 27 heavy (non-hydrogen) atoms. The number of hydrogen-bond donors (Lipinski definition) is 0. The van der Waals surface area contributed by atoms with Crippen molar-refractivity contribution < 1.29 is 14.3 Å². The van der Waals surface area contributed by atoms with E-state index in [4.69, 9.17) is 9.47 Å². The van der Waals surface area contributed by atoms with E-state index in [9.17, 15) is 4.79 Å². The third-order valence-corrected chi connectivity index (χ3v) is 3.69. The quantitative estimate of drug-likeness (QED) is 0.819. The van der Waals surface area contributed by atoms with Crippen LogP contribution in [0.2, 0.25) is 0 Å². The Morgan fingerprint density at radius 3 is 2.33 bits per heavy atom. The minimum absolute atomic E-state index is 0.00668. The maximum absolute atomic E-state index is 11.9. The van der Waals surface area contributed by atoms with E-state index >= 15 is 0 Å². The number of aromatic nitrogens is 4. The molecule has 1 aliphatic heterocycles. The molecule has 0 radical (unpaired) electrons. The second-order valence-electron chi connectivity index (χ2n) is 8.51. The Labute approximate surface area is 158 Å². The average molecular weight is 371 g/mol. The number of fused-ring (bicyclic) bond motifs is 1. The highest BCUT2D eigenvalue weighted by atomic mass is 16.5. The van der Waals surface area contributed by atoms with Crippen molar-refractivity contribution in [3.8, 4) is 23.1 Å². The second kappa shape index (κ2) is 6.44. The van der Waals surface area contributed by atoms with Crippen molar-refractivity contribution in [3.63, 3.8) is 0 Å². The zero-order chi connectivity index (χ0) is 20.0. The fourth-order valence-corrected chi connectivity index (χ4v) is 2.59. The molecule has 0 aromatic carbocycles. The van der Waals surface area contributed by atoms with Crippen molar-refractivity contribution in [1.29, 1.82) is 0 Å². The molecule has 3 rings (SSSR count). The molecular formula is C19H25N5O3. The van der Waals surface area contributed by atoms with Gasteiger partial charge in [0.25, 0.3) is 0 Å². The summed E-state index contributed by atoms with van der Waals surface area (Å²) in [5, 5.41) is 8.45. The Balaban J connectivity index is 2.04. The van der Waals surface area contributed by atoms with Crippen LogP contribution in [0.3, 0.4) is 0 Å². The second-order valence-corrected chi connectivity index (χ2v) is 8.51. The molecule has 0 aliphatic carbocycles. The smallest absolute Gasteiger partial charge is 0.320 e. The first-order valence-corrected chi connectivity index (χ1v) is 8.81. The largest absolute Gasteiger partial charge is 0.471 e. The van der Waals surface area contributed by atoms with E-state index < -0.39 is 11.2 Å². The van der Waals surface area contributed by atoms with Crippen LogP contribution in [0.4, 0.5) is 5.82 Å². The van der Waals surface area contributed by atoms with Gasteiger partial charge >= 0.3 is 6.01 Å². The molecule has 8 nitrogen and oxygen atoms in total. The zero-order valence-corrected chi connectivity index (χ0v) is 16.8. The fourth-order valence-electron chi connectivity index (χ4n) is 2.59. The maximum atomic E-state index is 11.9. The molecule has 0 saturated heterocycles. The number of rotatable bonds is 3. The number of carbonyl (C=O) groups excluding carboxylic acids is 1. The van der Waals surface area contributed by atoms with Crippen molar-refractivity contribution in [2.45, 2.75) is 59.2 Å². The van der Waals surface area contributed by atoms with Gasteiger partial charge in [0, 0.05) is 18.8 Å². The molecular weight excluding hydrogens is 346 g/mol. The van der Waals surface area contributed by atoms with E-state index in [-0.39, 0.29) is 11.9 Å². The van der Waals surface area contributed by atoms with Crippen LogP contribution in [0.15, 0.2) is 12.3 Å². The highest BCUT2D eigenvalue weighted by molar-refractivity contribution is 5.99. The third-order valence-electron chi connectivity index (χ3n) is 3.69. The molecule has 0 N–H and O–H groups in total. The average Bonchev–Trinajstić information content (AvgIpc) is 2.78. The predicted molar refractivity (Wildman–Crippen MR) is 101 cm³/mol. The van der Waals surface area contributed by atoms with Gasteiger partial charge in [-0.3, -0.25) is 9.69 Å². The summed E-state index contributed by atoms with van der Waals surface area (Å²) in [5.74, 6) is 0.937. The molecule has 0 atom stereocenters. The molecule has 8 heteroatoms. The van der Waals surface area contributed by atoms with Gasteiger partial charge in [-0.1, -0.05) is 0 Å². The first-order chi connectivity index (χ1) is 12.4. The molecule has 2 aromatic rings. The normalized spacial score (nSPS) is 14.3. The molecule has 144 valence electrons. The summed E-state index contributed by atoms with van der Waals surface area (Å²) in [7, 11) is 1.69. The van der Waals surface area contributed by atoms with Gasteiger partial charge in [0.1, 0.15) is 16.9 Å². The molecule has 2 aromatic heterocycles. The number of ether oxygens (including phenoxy) is 2. The SMILES string of the molecule is CN1C(=O)Cc2cc(-c3cnc(OC(C)(C)C)nc3OC(C)(C)C)nnc21. The first kappa shape index (κ1) is 19.0. The van der Waals surface area contributed by atoms with Crippen LogP contribution in [0, 0.1) is 0 Å². The predicted octanol–water partition coefficient (Wildman–Crippen LogP) is 2.81. The molecule has 0 fully saturated rings. The summed E-state index contributed by atoms with van der Waals surface area (Å²) >= 11 is 0. The summed E-state index contributed by atoms with van der Waals surface area (Å²) < 4.78 is 11.8. The molecule has 3 heterocycles. The van der Waals surface area contributed by atoms with Crippen molar-refractivity contribution in [1.82, 2.24) is 20.2 Å². The van der Waals surface area contributed by atoms with Gasteiger partial charge in [0.2, 0.25) is 11.8 Å². The fraction of sp³-hybridized carbons (Fsp3) is 0.526. The highest BCUT2D eigenvalue weighted by Gasteiger charge is 2.28. The van der Waals surface area contributed by atoms with E-state index in [1.807, 2.05) is 47.6 Å². The zero-order valence-electron chi connectivity index (χ0n) is 16.8. The van der Waals surface area contributed by atoms with Crippen LogP contribution in [-0.2, 0) is 11.2 Å². The lowest BCUT2D eigenvalue weighted by Gasteiger charge is -2.24. The number of nitrogens with zero attached hydrogens (tertiary/aromatic N) is 5. The first-order valence-electron chi connectivity index (χ1n) is 8.81. The van der Waals surface area contributed by atoms with E-state index in [1.165, 1.54) is 4.90 Å². The van der Waals surface area contributed by atoms with Gasteiger partial charge in [-0.2, -0.15) is 4.98 Å². The summed E-state index contributed by atoms with van der Waals surface area (Å²) in [4.78, 5) is 22.2. The third kappa shape index (κ3) is 4.32. The Morgan fingerprint density at radius 2 is 1.70 bits per heavy atom. The van der Waals surface area contributed by atoms with Crippen LogP contribution < -0.4 is 14.4 Å². The minimum Gasteiger partial charge on any atom is -0.471 e. The molecule has 0 bridgehead atoms. The van der Waals surface area contributed by atoms with E-state index in [1.54, 1.807) is 13.2 Å². The maximum Gasteiger partial charge on any atom is 0.320 e. The monoisotopic (exact) mass is 371 g/mol. The number of carbonyl (C=O) groups is 1. The summed E-state index contributed by atoms with van der Waals surface area (Å²) in [5.41, 5.74) is 1.08. The van der Waals surface area contributed by atoms with E-state index in [2.05, 4.69) is 20.2 Å². The summed E-state index contributed by atoms with van der Waals surface area (Å²) in [6.45, 7) is 11.6. The van der Waals surface area contributed by atoms with Crippen LogP contribution in [0.25, 0.3) is 11.3 Å².